The van der Waals surface area contributed by atoms with E-state index in [0.29, 0.717) is 66.7 Å². The fourth-order valence-electron chi connectivity index (χ4n) is 6.74. The summed E-state index contributed by atoms with van der Waals surface area (Å²) < 4.78 is 58.8. The quantitative estimate of drug-likeness (QED) is 0.0226. The van der Waals surface area contributed by atoms with Gasteiger partial charge in [-0.3, -0.25) is 14.3 Å². The Labute approximate surface area is 364 Å². The second-order valence-electron chi connectivity index (χ2n) is 14.0. The Hall–Kier alpha value is -4.17. The molecule has 6 rings (SSSR count). The highest BCUT2D eigenvalue weighted by molar-refractivity contribution is 8.71. The van der Waals surface area contributed by atoms with E-state index in [1.165, 1.54) is 12.1 Å². The highest BCUT2D eigenvalue weighted by Gasteiger charge is 2.34. The van der Waals surface area contributed by atoms with Gasteiger partial charge in [-0.1, -0.05) is 17.9 Å². The molecule has 326 valence electrons. The van der Waals surface area contributed by atoms with Gasteiger partial charge in [0, 0.05) is 37.9 Å². The normalized spacial score (nSPS) is 18.5. The SMILES string of the molecule is CC1=C(CC(=O)OC(COC(=O)CCCO[N+](=O)[O-])C(=O)Oc2ccc(P(=S)(SN3CCOCC3)N3CCOCC3)cc2)c2cc(F)ccc2/C1=C\c1ccc([S+](C)[O-])cc1. The molecule has 0 radical (unpaired) electrons. The van der Waals surface area contributed by atoms with Crippen molar-refractivity contribution in [1.82, 2.24) is 8.98 Å². The number of benzene rings is 3. The van der Waals surface area contributed by atoms with Crippen LogP contribution in [0.2, 0.25) is 0 Å². The van der Waals surface area contributed by atoms with Crippen LogP contribution in [0.25, 0.3) is 17.2 Å². The number of rotatable bonds is 18. The van der Waals surface area contributed by atoms with E-state index in [-0.39, 0.29) is 31.6 Å². The largest absolute Gasteiger partial charge is 0.612 e. The van der Waals surface area contributed by atoms with E-state index >= 15 is 0 Å². The fraction of sp³-hybridized carbons (Fsp3) is 0.390. The molecule has 20 heteroatoms. The first-order valence-electron chi connectivity index (χ1n) is 19.4. The summed E-state index contributed by atoms with van der Waals surface area (Å²) in [6.45, 7) is 5.89. The number of carbonyl (C=O) groups excluding carboxylic acids is 3. The topological polar surface area (TPSA) is 179 Å². The predicted molar refractivity (Wildman–Crippen MR) is 232 cm³/mol. The van der Waals surface area contributed by atoms with Gasteiger partial charge in [0.1, 0.15) is 29.8 Å². The third kappa shape index (κ3) is 12.5. The van der Waals surface area contributed by atoms with Gasteiger partial charge >= 0.3 is 17.9 Å². The molecule has 0 N–H and O–H groups in total. The summed E-state index contributed by atoms with van der Waals surface area (Å²) in [5.41, 5.74) is 3.82. The van der Waals surface area contributed by atoms with Gasteiger partial charge in [0.25, 0.3) is 5.09 Å². The second-order valence-corrected chi connectivity index (χ2v) is 22.5. The monoisotopic (exact) mass is 917 g/mol. The van der Waals surface area contributed by atoms with E-state index in [0.717, 1.165) is 29.5 Å². The molecule has 2 aliphatic heterocycles. The first-order chi connectivity index (χ1) is 29.3. The van der Waals surface area contributed by atoms with Crippen molar-refractivity contribution in [3.63, 3.8) is 0 Å². The van der Waals surface area contributed by atoms with Gasteiger partial charge in [-0.2, -0.15) is 0 Å². The Balaban J connectivity index is 1.20. The van der Waals surface area contributed by atoms with Crippen molar-refractivity contribution < 1.29 is 56.9 Å². The van der Waals surface area contributed by atoms with Crippen LogP contribution in [-0.4, -0.2) is 115 Å². The highest BCUT2D eigenvalue weighted by atomic mass is 32.9. The second kappa shape index (κ2) is 21.8. The number of ether oxygens (including phenoxy) is 5. The lowest BCUT2D eigenvalue weighted by atomic mass is 10.0. The smallest absolute Gasteiger partial charge is 0.356 e. The minimum Gasteiger partial charge on any atom is -0.612 e. The van der Waals surface area contributed by atoms with Crippen molar-refractivity contribution in [3.05, 3.63) is 105 Å². The molecule has 2 heterocycles. The third-order valence-electron chi connectivity index (χ3n) is 9.89. The van der Waals surface area contributed by atoms with E-state index in [4.69, 9.17) is 35.5 Å². The lowest BCUT2D eigenvalue weighted by Gasteiger charge is -2.40. The van der Waals surface area contributed by atoms with Gasteiger partial charge in [-0.25, -0.2) is 13.5 Å². The lowest BCUT2D eigenvalue weighted by Crippen LogP contribution is -2.38. The molecule has 61 heavy (non-hydrogen) atoms. The number of nitrogens with zero attached hydrogens (tertiary/aromatic N) is 3. The minimum absolute atomic E-state index is 0.0379. The van der Waals surface area contributed by atoms with Gasteiger partial charge < -0.3 is 33.1 Å². The van der Waals surface area contributed by atoms with Gasteiger partial charge in [-0.05, 0) is 136 Å². The summed E-state index contributed by atoms with van der Waals surface area (Å²) in [5.74, 6) is -3.11. The Bertz CT molecular complexity index is 2180. The number of morpholine rings is 2. The van der Waals surface area contributed by atoms with Crippen molar-refractivity contribution in [3.8, 4) is 5.75 Å². The number of carbonyl (C=O) groups is 3. The maximum Gasteiger partial charge on any atom is 0.356 e. The zero-order valence-corrected chi connectivity index (χ0v) is 36.8. The van der Waals surface area contributed by atoms with Crippen molar-refractivity contribution in [2.75, 3.05) is 72.1 Å². The molecule has 3 unspecified atom stereocenters. The molecule has 1 aliphatic carbocycles. The molecule has 3 atom stereocenters. The van der Waals surface area contributed by atoms with Crippen LogP contribution in [0, 0.1) is 15.9 Å². The summed E-state index contributed by atoms with van der Waals surface area (Å²) >= 11 is 6.90. The zero-order valence-electron chi connectivity index (χ0n) is 33.5. The number of hydrogen-bond donors (Lipinski definition) is 0. The van der Waals surface area contributed by atoms with E-state index in [9.17, 15) is 33.4 Å². The fourth-order valence-corrected chi connectivity index (χ4v) is 14.2. The molecule has 3 aromatic carbocycles. The molecule has 0 bridgehead atoms. The standard InChI is InChI=1S/C41H45FN3O12PS3/c1-28-35(24-29-5-12-33(13-6-29)61(2)51)34-14-7-30(42)25-37(34)36(28)26-40(47)57-38(27-54-39(46)4-3-19-55-45(49)50)41(48)56-31-8-10-32(11-9-31)58(59,43-15-20-52-21-16-43)60-44-17-22-53-23-18-44/h5-14,24-25,38H,3-4,15-23,26-27H2,1-2H3/b35-24-. The van der Waals surface area contributed by atoms with Crippen LogP contribution >= 0.6 is 17.0 Å². The highest BCUT2D eigenvalue weighted by Crippen LogP contribution is 2.62. The molecule has 15 nitrogen and oxygen atoms in total. The average molecular weight is 918 g/mol. The molecule has 0 spiro atoms. The van der Waals surface area contributed by atoms with Crippen LogP contribution in [0.5, 0.6) is 5.75 Å². The summed E-state index contributed by atoms with van der Waals surface area (Å²) in [4.78, 5) is 55.4. The van der Waals surface area contributed by atoms with Crippen molar-refractivity contribution in [1.29, 1.82) is 0 Å². The summed E-state index contributed by atoms with van der Waals surface area (Å²) in [6.07, 6.45) is 1.08. The minimum atomic E-state index is -2.41. The van der Waals surface area contributed by atoms with Gasteiger partial charge in [0.05, 0.1) is 39.5 Å². The Morgan fingerprint density at radius 3 is 2.31 bits per heavy atom. The van der Waals surface area contributed by atoms with Gasteiger partial charge in [0.2, 0.25) is 6.10 Å². The van der Waals surface area contributed by atoms with E-state index in [1.54, 1.807) is 55.1 Å². The number of fused-ring (bicyclic) bond motifs is 1. The average Bonchev–Trinajstić information content (AvgIpc) is 3.49. The lowest BCUT2D eigenvalue weighted by molar-refractivity contribution is -0.757. The van der Waals surface area contributed by atoms with Crippen LogP contribution in [0.15, 0.2) is 77.2 Å². The van der Waals surface area contributed by atoms with Crippen molar-refractivity contribution in [2.45, 2.75) is 37.2 Å². The Kier molecular flexibility index (Phi) is 16.5. The van der Waals surface area contributed by atoms with Crippen molar-refractivity contribution >= 4 is 80.4 Å². The maximum absolute atomic E-state index is 14.7. The van der Waals surface area contributed by atoms with Gasteiger partial charge in [-0.15, -0.1) is 10.1 Å². The maximum atomic E-state index is 14.7. The first-order valence-corrected chi connectivity index (χ1v) is 25.1. The van der Waals surface area contributed by atoms with E-state index in [1.807, 2.05) is 30.3 Å². The van der Waals surface area contributed by atoms with Crippen LogP contribution in [0.1, 0.15) is 42.9 Å². The number of hydrogen-bond acceptors (Lipinski definition) is 15. The Morgan fingerprint density at radius 1 is 0.984 bits per heavy atom. The van der Waals surface area contributed by atoms with Crippen molar-refractivity contribution in [2.24, 2.45) is 0 Å². The third-order valence-corrected chi connectivity index (χ3v) is 18.3. The molecule has 2 fully saturated rings. The molecule has 3 aliphatic rings. The number of halogens is 1. The molecular weight excluding hydrogens is 873 g/mol. The molecule has 0 amide bonds. The molecule has 0 saturated carbocycles. The zero-order chi connectivity index (χ0) is 43.5. The first kappa shape index (κ1) is 46.3. The van der Waals surface area contributed by atoms with E-state index in [2.05, 4.69) is 13.8 Å². The Morgan fingerprint density at radius 2 is 1.66 bits per heavy atom. The van der Waals surface area contributed by atoms with Crippen LogP contribution in [-0.2, 0) is 61.2 Å². The number of allylic oxidation sites excluding steroid dienone is 2. The number of esters is 3. The molecule has 3 aromatic rings. The van der Waals surface area contributed by atoms with Crippen LogP contribution in [0.4, 0.5) is 4.39 Å². The summed E-state index contributed by atoms with van der Waals surface area (Å²) in [7, 11) is 0. The van der Waals surface area contributed by atoms with Crippen LogP contribution in [0.3, 0.4) is 0 Å². The summed E-state index contributed by atoms with van der Waals surface area (Å²) in [6, 6.07) is 18.3. The molecular formula is C41H45FN3O12PS3. The summed E-state index contributed by atoms with van der Waals surface area (Å²) in [5, 5.41) is 7.99. The van der Waals surface area contributed by atoms with Gasteiger partial charge in [0.15, 0.2) is 4.90 Å². The molecule has 0 aromatic heterocycles. The van der Waals surface area contributed by atoms with Crippen LogP contribution < -0.4 is 10.0 Å². The molecule has 2 saturated heterocycles. The predicted octanol–water partition coefficient (Wildman–Crippen LogP) is 5.58. The van der Waals surface area contributed by atoms with E-state index < -0.39 is 58.1 Å².